The molecule has 21 heavy (non-hydrogen) atoms. The highest BCUT2D eigenvalue weighted by Gasteiger charge is 2.08. The average Bonchev–Trinajstić information content (AvgIpc) is 3.04. The number of fused-ring (bicyclic) bond motifs is 1. The molecule has 1 unspecified atom stereocenters. The fraction of sp³-hybridized carbons (Fsp3) is 0.263. The molecule has 1 heterocycles. The van der Waals surface area contributed by atoms with E-state index in [0.29, 0.717) is 6.04 Å². The molecule has 0 saturated heterocycles. The molecule has 2 aromatic carbocycles. The largest absolute Gasteiger partial charge is 0.310 e. The van der Waals surface area contributed by atoms with Gasteiger partial charge < -0.3 is 5.32 Å². The summed E-state index contributed by atoms with van der Waals surface area (Å²) in [4.78, 5) is 1.48. The first-order valence-corrected chi connectivity index (χ1v) is 8.46. The van der Waals surface area contributed by atoms with Crippen LogP contribution < -0.4 is 5.32 Å². The van der Waals surface area contributed by atoms with E-state index in [0.717, 1.165) is 6.54 Å². The third-order valence-corrected chi connectivity index (χ3v) is 4.86. The second kappa shape index (κ2) is 6.88. The van der Waals surface area contributed by atoms with Gasteiger partial charge in [0.1, 0.15) is 0 Å². The fourth-order valence-electron chi connectivity index (χ4n) is 2.77. The minimum atomic E-state index is 0.388. The number of rotatable bonds is 6. The predicted molar refractivity (Wildman–Crippen MR) is 93.0 cm³/mol. The Morgan fingerprint density at radius 1 is 1.00 bits per heavy atom. The van der Waals surface area contributed by atoms with Crippen molar-refractivity contribution in [1.29, 1.82) is 0 Å². The van der Waals surface area contributed by atoms with Crippen molar-refractivity contribution in [2.24, 2.45) is 0 Å². The van der Waals surface area contributed by atoms with E-state index in [1.807, 2.05) is 11.3 Å². The van der Waals surface area contributed by atoms with Gasteiger partial charge in [0.2, 0.25) is 0 Å². The van der Waals surface area contributed by atoms with E-state index >= 15 is 0 Å². The van der Waals surface area contributed by atoms with Crippen molar-refractivity contribution in [2.75, 3.05) is 6.54 Å². The lowest BCUT2D eigenvalue weighted by Crippen LogP contribution is -2.20. The standard InChI is InChI=1S/C19H21NS/c1-15(20-13-5-9-17-10-6-14-21-17)18-12-4-8-16-7-2-3-11-19(16)18/h2-4,6-8,10-12,14-15,20H,5,9,13H2,1H3. The van der Waals surface area contributed by atoms with E-state index in [-0.39, 0.29) is 0 Å². The highest BCUT2D eigenvalue weighted by Crippen LogP contribution is 2.24. The lowest BCUT2D eigenvalue weighted by molar-refractivity contribution is 0.562. The quantitative estimate of drug-likeness (QED) is 0.617. The normalized spacial score (nSPS) is 12.6. The summed E-state index contributed by atoms with van der Waals surface area (Å²) in [7, 11) is 0. The third kappa shape index (κ3) is 3.52. The zero-order chi connectivity index (χ0) is 14.5. The van der Waals surface area contributed by atoms with Gasteiger partial charge in [-0.15, -0.1) is 11.3 Å². The minimum Gasteiger partial charge on any atom is -0.310 e. The number of benzene rings is 2. The van der Waals surface area contributed by atoms with Crippen LogP contribution in [0.15, 0.2) is 60.0 Å². The summed E-state index contributed by atoms with van der Waals surface area (Å²) in [5, 5.41) is 8.49. The third-order valence-electron chi connectivity index (χ3n) is 3.92. The van der Waals surface area contributed by atoms with Crippen LogP contribution in [0.3, 0.4) is 0 Å². The monoisotopic (exact) mass is 295 g/mol. The van der Waals surface area contributed by atoms with Gasteiger partial charge in [0.15, 0.2) is 0 Å². The van der Waals surface area contributed by atoms with Crippen molar-refractivity contribution in [1.82, 2.24) is 5.32 Å². The molecule has 0 bridgehead atoms. The Kier molecular flexibility index (Phi) is 4.69. The molecule has 2 heteroatoms. The Morgan fingerprint density at radius 3 is 2.71 bits per heavy atom. The van der Waals surface area contributed by atoms with Crippen LogP contribution in [0, 0.1) is 0 Å². The van der Waals surface area contributed by atoms with Gasteiger partial charge in [0, 0.05) is 10.9 Å². The van der Waals surface area contributed by atoms with Crippen molar-refractivity contribution in [3.8, 4) is 0 Å². The summed E-state index contributed by atoms with van der Waals surface area (Å²) in [6, 6.07) is 19.9. The van der Waals surface area contributed by atoms with Crippen LogP contribution >= 0.6 is 11.3 Å². The summed E-state index contributed by atoms with van der Waals surface area (Å²) in [5.74, 6) is 0. The molecule has 3 aromatic rings. The van der Waals surface area contributed by atoms with Crippen molar-refractivity contribution in [3.05, 3.63) is 70.4 Å². The maximum absolute atomic E-state index is 3.66. The minimum absolute atomic E-state index is 0.388. The van der Waals surface area contributed by atoms with Gasteiger partial charge in [-0.05, 0) is 54.1 Å². The maximum Gasteiger partial charge on any atom is 0.0297 e. The van der Waals surface area contributed by atoms with Crippen LogP contribution in [0.2, 0.25) is 0 Å². The number of thiophene rings is 1. The van der Waals surface area contributed by atoms with E-state index in [9.17, 15) is 0 Å². The SMILES string of the molecule is CC(NCCCc1cccs1)c1cccc2ccccc12. The number of nitrogens with one attached hydrogen (secondary N) is 1. The van der Waals surface area contributed by atoms with E-state index < -0.39 is 0 Å². The maximum atomic E-state index is 3.66. The highest BCUT2D eigenvalue weighted by molar-refractivity contribution is 7.09. The first-order valence-electron chi connectivity index (χ1n) is 7.58. The van der Waals surface area contributed by atoms with Gasteiger partial charge in [-0.1, -0.05) is 48.5 Å². The van der Waals surface area contributed by atoms with Gasteiger partial charge in [-0.25, -0.2) is 0 Å². The lowest BCUT2D eigenvalue weighted by atomic mass is 9.99. The molecule has 108 valence electrons. The topological polar surface area (TPSA) is 12.0 Å². The Morgan fingerprint density at radius 2 is 1.86 bits per heavy atom. The lowest BCUT2D eigenvalue weighted by Gasteiger charge is -2.16. The second-order valence-electron chi connectivity index (χ2n) is 5.43. The molecule has 1 nitrogen and oxygen atoms in total. The smallest absolute Gasteiger partial charge is 0.0297 e. The van der Waals surface area contributed by atoms with Crippen molar-refractivity contribution >= 4 is 22.1 Å². The van der Waals surface area contributed by atoms with Crippen LogP contribution in [0.25, 0.3) is 10.8 Å². The van der Waals surface area contributed by atoms with Crippen molar-refractivity contribution in [2.45, 2.75) is 25.8 Å². The second-order valence-corrected chi connectivity index (χ2v) is 6.46. The highest BCUT2D eigenvalue weighted by atomic mass is 32.1. The number of aryl methyl sites for hydroxylation is 1. The van der Waals surface area contributed by atoms with Crippen molar-refractivity contribution in [3.63, 3.8) is 0 Å². The molecule has 0 radical (unpaired) electrons. The summed E-state index contributed by atoms with van der Waals surface area (Å²) in [6.07, 6.45) is 2.36. The van der Waals surface area contributed by atoms with Crippen LogP contribution in [-0.4, -0.2) is 6.54 Å². The van der Waals surface area contributed by atoms with E-state index in [4.69, 9.17) is 0 Å². The molecule has 1 N–H and O–H groups in total. The molecular weight excluding hydrogens is 274 g/mol. The fourth-order valence-corrected chi connectivity index (χ4v) is 3.53. The zero-order valence-corrected chi connectivity index (χ0v) is 13.2. The Bertz CT molecular complexity index is 682. The molecule has 1 aromatic heterocycles. The van der Waals surface area contributed by atoms with Gasteiger partial charge >= 0.3 is 0 Å². The number of hydrogen-bond donors (Lipinski definition) is 1. The van der Waals surface area contributed by atoms with Crippen LogP contribution in [0.4, 0.5) is 0 Å². The molecule has 1 atom stereocenters. The molecule has 0 fully saturated rings. The first kappa shape index (κ1) is 14.3. The molecule has 0 spiro atoms. The van der Waals surface area contributed by atoms with Crippen molar-refractivity contribution < 1.29 is 0 Å². The molecular formula is C19H21NS. The van der Waals surface area contributed by atoms with Gasteiger partial charge in [-0.3, -0.25) is 0 Å². The summed E-state index contributed by atoms with van der Waals surface area (Å²) < 4.78 is 0. The predicted octanol–water partition coefficient (Wildman–Crippen LogP) is 5.18. The van der Waals surface area contributed by atoms with E-state index in [1.165, 1.54) is 34.1 Å². The molecule has 0 aliphatic heterocycles. The molecule has 0 saturated carbocycles. The van der Waals surface area contributed by atoms with E-state index in [1.54, 1.807) is 0 Å². The first-order chi connectivity index (χ1) is 10.3. The zero-order valence-electron chi connectivity index (χ0n) is 12.4. The van der Waals surface area contributed by atoms with Crippen LogP contribution in [0.5, 0.6) is 0 Å². The van der Waals surface area contributed by atoms with Gasteiger partial charge in [0.05, 0.1) is 0 Å². The Labute approximate surface area is 130 Å². The summed E-state index contributed by atoms with van der Waals surface area (Å²) in [6.45, 7) is 3.31. The molecule has 0 aliphatic carbocycles. The van der Waals surface area contributed by atoms with Gasteiger partial charge in [-0.2, -0.15) is 0 Å². The molecule has 0 amide bonds. The Balaban J connectivity index is 1.60. The van der Waals surface area contributed by atoms with E-state index in [2.05, 4.69) is 72.2 Å². The van der Waals surface area contributed by atoms with Crippen LogP contribution in [-0.2, 0) is 6.42 Å². The number of hydrogen-bond acceptors (Lipinski definition) is 2. The van der Waals surface area contributed by atoms with Gasteiger partial charge in [0.25, 0.3) is 0 Å². The summed E-state index contributed by atoms with van der Waals surface area (Å²) in [5.41, 5.74) is 1.39. The molecule has 0 aliphatic rings. The van der Waals surface area contributed by atoms with Crippen LogP contribution in [0.1, 0.15) is 29.8 Å². The molecule has 3 rings (SSSR count). The summed E-state index contributed by atoms with van der Waals surface area (Å²) >= 11 is 1.85. The average molecular weight is 295 g/mol. The Hall–Kier alpha value is -1.64.